The number of hydrogen-bond acceptors (Lipinski definition) is 5. The molecule has 0 aliphatic carbocycles. The lowest BCUT2D eigenvalue weighted by molar-refractivity contribution is 0.357. The van der Waals surface area contributed by atoms with E-state index >= 15 is 0 Å². The van der Waals surface area contributed by atoms with Gasteiger partial charge in [-0.15, -0.1) is 0 Å². The molecule has 2 aromatic rings. The number of para-hydroxylation sites is 1. The van der Waals surface area contributed by atoms with Crippen LogP contribution in [0.3, 0.4) is 0 Å². The van der Waals surface area contributed by atoms with Gasteiger partial charge in [0.15, 0.2) is 5.76 Å². The first-order valence-electron chi connectivity index (χ1n) is 8.12. The number of ether oxygens (including phenoxy) is 1. The number of nitriles is 1. The Labute approximate surface area is 169 Å². The molecule has 6 nitrogen and oxygen atoms in total. The lowest BCUT2D eigenvalue weighted by Crippen LogP contribution is -2.37. The summed E-state index contributed by atoms with van der Waals surface area (Å²) in [6.07, 6.45) is 0. The molecule has 0 saturated heterocycles. The van der Waals surface area contributed by atoms with Gasteiger partial charge in [-0.2, -0.15) is 5.26 Å². The molecule has 142 valence electrons. The van der Waals surface area contributed by atoms with Gasteiger partial charge in [-0.25, -0.2) is 12.8 Å². The highest BCUT2D eigenvalue weighted by atomic mass is 79.9. The van der Waals surface area contributed by atoms with E-state index in [1.807, 2.05) is 6.07 Å². The highest BCUT2D eigenvalue weighted by Crippen LogP contribution is 2.51. The molecule has 0 unspecified atom stereocenters. The fourth-order valence-electron chi connectivity index (χ4n) is 3.44. The van der Waals surface area contributed by atoms with E-state index in [-0.39, 0.29) is 27.7 Å². The van der Waals surface area contributed by atoms with Crippen LogP contribution in [0.4, 0.5) is 10.1 Å². The Hall–Kier alpha value is -2.83. The zero-order chi connectivity index (χ0) is 20.2. The zero-order valence-corrected chi connectivity index (χ0v) is 16.9. The van der Waals surface area contributed by atoms with E-state index in [0.29, 0.717) is 15.7 Å². The number of nitrogens with two attached hydrogens (primary N) is 1. The van der Waals surface area contributed by atoms with Crippen LogP contribution in [0.15, 0.2) is 63.3 Å². The molecule has 2 N–H and O–H groups in total. The van der Waals surface area contributed by atoms with E-state index in [1.165, 1.54) is 25.2 Å². The summed E-state index contributed by atoms with van der Waals surface area (Å²) in [5, 5.41) is 9.64. The molecule has 2 aromatic carbocycles. The zero-order valence-electron chi connectivity index (χ0n) is 14.5. The summed E-state index contributed by atoms with van der Waals surface area (Å²) in [6.45, 7) is 0. The number of benzene rings is 2. The molecule has 0 amide bonds. The first kappa shape index (κ1) is 18.5. The molecule has 28 heavy (non-hydrogen) atoms. The molecule has 0 bridgehead atoms. The molecule has 0 saturated carbocycles. The van der Waals surface area contributed by atoms with Crippen LogP contribution in [-0.2, 0) is 14.8 Å². The first-order valence-corrected chi connectivity index (χ1v) is 10.4. The smallest absolute Gasteiger partial charge is 0.264 e. The van der Waals surface area contributed by atoms with Crippen LogP contribution >= 0.6 is 15.9 Å². The van der Waals surface area contributed by atoms with Crippen LogP contribution in [0.2, 0.25) is 0 Å². The van der Waals surface area contributed by atoms with Crippen LogP contribution < -0.4 is 10.0 Å². The maximum Gasteiger partial charge on any atom is 0.264 e. The summed E-state index contributed by atoms with van der Waals surface area (Å²) in [6, 6.07) is 12.8. The highest BCUT2D eigenvalue weighted by molar-refractivity contribution is 9.10. The fourth-order valence-corrected chi connectivity index (χ4v) is 5.46. The molecule has 0 radical (unpaired) electrons. The predicted octanol–water partition coefficient (Wildman–Crippen LogP) is 3.54. The van der Waals surface area contributed by atoms with E-state index in [0.717, 1.165) is 4.31 Å². The summed E-state index contributed by atoms with van der Waals surface area (Å²) >= 11 is 3.27. The Morgan fingerprint density at radius 1 is 1.29 bits per heavy atom. The molecule has 1 atom stereocenters. The molecule has 0 aromatic heterocycles. The Morgan fingerprint density at radius 3 is 2.71 bits per heavy atom. The standard InChI is InChI=1S/C19H13BrFN3O3S/c1-24-15-5-3-2-4-11(15)17-18(28(24,25)26)16(13(9-22)19(23)27-17)12-8-10(20)6-7-14(12)21/h2-8,16H,23H2,1H3/t16-/m1/s1. The van der Waals surface area contributed by atoms with Crippen LogP contribution in [0, 0.1) is 17.1 Å². The minimum atomic E-state index is -4.10. The average Bonchev–Trinajstić information content (AvgIpc) is 2.67. The average molecular weight is 462 g/mol. The summed E-state index contributed by atoms with van der Waals surface area (Å²) in [4.78, 5) is -0.212. The van der Waals surface area contributed by atoms with Gasteiger partial charge >= 0.3 is 0 Å². The maximum atomic E-state index is 14.7. The van der Waals surface area contributed by atoms with Gasteiger partial charge in [0.05, 0.1) is 11.6 Å². The molecule has 9 heteroatoms. The van der Waals surface area contributed by atoms with Gasteiger partial charge in [-0.3, -0.25) is 4.31 Å². The molecular formula is C19H13BrFN3O3S. The van der Waals surface area contributed by atoms with Crippen molar-refractivity contribution >= 4 is 37.4 Å². The lowest BCUT2D eigenvalue weighted by atomic mass is 9.88. The number of fused-ring (bicyclic) bond motifs is 2. The van der Waals surface area contributed by atoms with Crippen molar-refractivity contribution < 1.29 is 17.5 Å². The molecular weight excluding hydrogens is 449 g/mol. The Bertz CT molecular complexity index is 1230. The predicted molar refractivity (Wildman–Crippen MR) is 105 cm³/mol. The van der Waals surface area contributed by atoms with E-state index < -0.39 is 21.8 Å². The maximum absolute atomic E-state index is 14.7. The number of halogens is 2. The van der Waals surface area contributed by atoms with Crippen LogP contribution in [-0.4, -0.2) is 15.5 Å². The summed E-state index contributed by atoms with van der Waals surface area (Å²) in [7, 11) is -2.70. The molecule has 0 spiro atoms. The summed E-state index contributed by atoms with van der Waals surface area (Å²) < 4.78 is 48.6. The SMILES string of the molecule is CN1c2ccccc2C2=C([C@H](c3cc(Br)ccc3F)C(C#N)=C(N)O2)S1(=O)=O. The monoisotopic (exact) mass is 461 g/mol. The number of hydrogen-bond donors (Lipinski definition) is 1. The van der Waals surface area contributed by atoms with E-state index in [4.69, 9.17) is 10.5 Å². The Balaban J connectivity index is 2.11. The van der Waals surface area contributed by atoms with Gasteiger partial charge in [0.1, 0.15) is 22.4 Å². The quantitative estimate of drug-likeness (QED) is 0.700. The number of anilines is 1. The summed E-state index contributed by atoms with van der Waals surface area (Å²) in [5.41, 5.74) is 6.71. The van der Waals surface area contributed by atoms with Gasteiger partial charge in [0, 0.05) is 22.6 Å². The largest absolute Gasteiger partial charge is 0.439 e. The van der Waals surface area contributed by atoms with Crippen molar-refractivity contribution in [3.05, 3.63) is 80.2 Å². The van der Waals surface area contributed by atoms with Crippen molar-refractivity contribution in [1.29, 1.82) is 5.26 Å². The molecule has 2 aliphatic heterocycles. The minimum absolute atomic E-state index is 0.00887. The normalized spacial score (nSPS) is 20.2. The number of sulfonamides is 1. The van der Waals surface area contributed by atoms with Crippen molar-refractivity contribution in [2.75, 3.05) is 11.4 Å². The summed E-state index contributed by atoms with van der Waals surface area (Å²) in [5.74, 6) is -2.12. The third-order valence-corrected chi connectivity index (χ3v) is 7.16. The Kier molecular flexibility index (Phi) is 4.21. The van der Waals surface area contributed by atoms with Crippen molar-refractivity contribution in [2.45, 2.75) is 5.92 Å². The number of rotatable bonds is 1. The topological polar surface area (TPSA) is 96.4 Å². The van der Waals surface area contributed by atoms with Gasteiger partial charge < -0.3 is 10.5 Å². The van der Waals surface area contributed by atoms with Crippen molar-refractivity contribution in [3.8, 4) is 6.07 Å². The van der Waals surface area contributed by atoms with Crippen molar-refractivity contribution in [2.24, 2.45) is 5.73 Å². The van der Waals surface area contributed by atoms with Gasteiger partial charge in [-0.05, 0) is 30.3 Å². The van der Waals surface area contributed by atoms with Gasteiger partial charge in [-0.1, -0.05) is 28.1 Å². The van der Waals surface area contributed by atoms with Gasteiger partial charge in [0.2, 0.25) is 5.88 Å². The van der Waals surface area contributed by atoms with Crippen LogP contribution in [0.1, 0.15) is 17.0 Å². The van der Waals surface area contributed by atoms with E-state index in [1.54, 1.807) is 24.3 Å². The molecule has 2 heterocycles. The molecule has 4 rings (SSSR count). The second-order valence-corrected chi connectivity index (χ2v) is 9.13. The molecule has 0 fully saturated rings. The van der Waals surface area contributed by atoms with E-state index in [9.17, 15) is 18.1 Å². The highest BCUT2D eigenvalue weighted by Gasteiger charge is 2.46. The lowest BCUT2D eigenvalue weighted by Gasteiger charge is -2.36. The number of nitrogens with zero attached hydrogens (tertiary/aromatic N) is 2. The first-order chi connectivity index (χ1) is 13.3. The second-order valence-electron chi connectivity index (χ2n) is 6.27. The molecule has 2 aliphatic rings. The number of allylic oxidation sites excluding steroid dienone is 2. The third kappa shape index (κ3) is 2.52. The van der Waals surface area contributed by atoms with Gasteiger partial charge in [0.25, 0.3) is 10.0 Å². The minimum Gasteiger partial charge on any atom is -0.439 e. The Morgan fingerprint density at radius 2 is 2.00 bits per heavy atom. The second kappa shape index (κ2) is 6.36. The third-order valence-electron chi connectivity index (χ3n) is 4.77. The fraction of sp³-hybridized carbons (Fsp3) is 0.105. The van der Waals surface area contributed by atoms with Crippen molar-refractivity contribution in [3.63, 3.8) is 0 Å². The van der Waals surface area contributed by atoms with Crippen molar-refractivity contribution in [1.82, 2.24) is 0 Å². The van der Waals surface area contributed by atoms with Crippen LogP contribution in [0.5, 0.6) is 0 Å². The van der Waals surface area contributed by atoms with E-state index in [2.05, 4.69) is 15.9 Å². The van der Waals surface area contributed by atoms with Crippen LogP contribution in [0.25, 0.3) is 5.76 Å².